The lowest BCUT2D eigenvalue weighted by atomic mass is 10.1. The Hall–Kier alpha value is -2.01. The summed E-state index contributed by atoms with van der Waals surface area (Å²) in [6.45, 7) is 1.93. The molecule has 1 N–H and O–H groups in total. The molecule has 2 aromatic rings. The van der Waals surface area contributed by atoms with Gasteiger partial charge in [-0.05, 0) is 43.0 Å². The molecule has 5 heteroatoms. The topological polar surface area (TPSA) is 52.6 Å². The van der Waals surface area contributed by atoms with Gasteiger partial charge in [0, 0.05) is 18.1 Å². The quantitative estimate of drug-likeness (QED) is 0.936. The van der Waals surface area contributed by atoms with E-state index in [0.717, 1.165) is 36.7 Å². The van der Waals surface area contributed by atoms with E-state index in [1.165, 1.54) is 0 Å². The fourth-order valence-electron chi connectivity index (χ4n) is 2.64. The summed E-state index contributed by atoms with van der Waals surface area (Å²) in [4.78, 5) is 4.39. The van der Waals surface area contributed by atoms with E-state index in [2.05, 4.69) is 10.3 Å². The third kappa shape index (κ3) is 2.88. The molecule has 0 unspecified atom stereocenters. The molecule has 0 radical (unpaired) electrons. The number of hydrogen-bond acceptors (Lipinski definition) is 5. The smallest absolute Gasteiger partial charge is 0.221 e. The Morgan fingerprint density at radius 1 is 1.19 bits per heavy atom. The molecule has 0 amide bonds. The van der Waals surface area contributed by atoms with Crippen LogP contribution in [0.1, 0.15) is 12.8 Å². The van der Waals surface area contributed by atoms with Gasteiger partial charge in [-0.3, -0.25) is 0 Å². The van der Waals surface area contributed by atoms with Gasteiger partial charge in [0.25, 0.3) is 0 Å². The van der Waals surface area contributed by atoms with E-state index in [4.69, 9.17) is 14.2 Å². The summed E-state index contributed by atoms with van der Waals surface area (Å²) >= 11 is 0. The average Bonchev–Trinajstić information content (AvgIpc) is 2.55. The van der Waals surface area contributed by atoms with Crippen LogP contribution in [-0.2, 0) is 0 Å². The molecule has 0 aliphatic carbocycles. The van der Waals surface area contributed by atoms with E-state index in [1.54, 1.807) is 20.4 Å². The molecule has 0 bridgehead atoms. The minimum Gasteiger partial charge on any atom is -0.493 e. The van der Waals surface area contributed by atoms with Crippen molar-refractivity contribution >= 4 is 10.8 Å². The lowest BCUT2D eigenvalue weighted by Gasteiger charge is -2.24. The number of rotatable bonds is 4. The second-order valence-electron chi connectivity index (χ2n) is 5.13. The second-order valence-corrected chi connectivity index (χ2v) is 5.13. The SMILES string of the molecule is COc1cc2ccnc(O[C@H]3CCCNC3)c2cc1OC. The predicted octanol–water partition coefficient (Wildman–Crippen LogP) is 2.38. The maximum absolute atomic E-state index is 6.07. The molecule has 1 saturated heterocycles. The van der Waals surface area contributed by atoms with Gasteiger partial charge < -0.3 is 19.5 Å². The van der Waals surface area contributed by atoms with E-state index in [0.29, 0.717) is 17.4 Å². The fourth-order valence-corrected chi connectivity index (χ4v) is 2.64. The third-order valence-corrected chi connectivity index (χ3v) is 3.76. The van der Waals surface area contributed by atoms with Gasteiger partial charge in [-0.25, -0.2) is 4.98 Å². The second kappa shape index (κ2) is 6.18. The lowest BCUT2D eigenvalue weighted by Crippen LogP contribution is -2.37. The normalized spacial score (nSPS) is 18.5. The van der Waals surface area contributed by atoms with Crippen molar-refractivity contribution in [2.24, 2.45) is 0 Å². The van der Waals surface area contributed by atoms with E-state index in [1.807, 2.05) is 18.2 Å². The highest BCUT2D eigenvalue weighted by atomic mass is 16.5. The zero-order valence-electron chi connectivity index (χ0n) is 12.4. The van der Waals surface area contributed by atoms with E-state index in [9.17, 15) is 0 Å². The third-order valence-electron chi connectivity index (χ3n) is 3.76. The van der Waals surface area contributed by atoms with Gasteiger partial charge in [-0.2, -0.15) is 0 Å². The summed E-state index contributed by atoms with van der Waals surface area (Å²) in [7, 11) is 3.27. The van der Waals surface area contributed by atoms with E-state index in [-0.39, 0.29) is 6.10 Å². The Bertz CT molecular complexity index is 624. The zero-order valence-corrected chi connectivity index (χ0v) is 12.4. The molecular formula is C16H20N2O3. The number of methoxy groups -OCH3 is 2. The number of aromatic nitrogens is 1. The van der Waals surface area contributed by atoms with Crippen molar-refractivity contribution in [1.29, 1.82) is 0 Å². The van der Waals surface area contributed by atoms with Crippen LogP contribution in [0.15, 0.2) is 24.4 Å². The van der Waals surface area contributed by atoms with Crippen molar-refractivity contribution in [3.63, 3.8) is 0 Å². The molecule has 1 aromatic carbocycles. The Labute approximate surface area is 124 Å². The monoisotopic (exact) mass is 288 g/mol. The summed E-state index contributed by atoms with van der Waals surface area (Å²) < 4.78 is 16.8. The van der Waals surface area contributed by atoms with Gasteiger partial charge >= 0.3 is 0 Å². The Morgan fingerprint density at radius 2 is 2.00 bits per heavy atom. The van der Waals surface area contributed by atoms with Crippen LogP contribution in [-0.4, -0.2) is 38.4 Å². The first-order valence-electron chi connectivity index (χ1n) is 7.20. The van der Waals surface area contributed by atoms with E-state index >= 15 is 0 Å². The van der Waals surface area contributed by atoms with Gasteiger partial charge in [0.2, 0.25) is 5.88 Å². The predicted molar refractivity (Wildman–Crippen MR) is 81.4 cm³/mol. The first kappa shape index (κ1) is 13.9. The highest BCUT2D eigenvalue weighted by Crippen LogP contribution is 2.35. The molecule has 1 aromatic heterocycles. The van der Waals surface area contributed by atoms with Crippen molar-refractivity contribution in [3.8, 4) is 17.4 Å². The molecule has 112 valence electrons. The van der Waals surface area contributed by atoms with Gasteiger partial charge in [0.05, 0.1) is 14.2 Å². The van der Waals surface area contributed by atoms with Crippen LogP contribution in [0.4, 0.5) is 0 Å². The molecule has 21 heavy (non-hydrogen) atoms. The number of piperidine rings is 1. The molecule has 3 rings (SSSR count). The molecule has 0 spiro atoms. The summed E-state index contributed by atoms with van der Waals surface area (Å²) in [6.07, 6.45) is 4.12. The van der Waals surface area contributed by atoms with Gasteiger partial charge in [0.1, 0.15) is 6.10 Å². The van der Waals surface area contributed by atoms with Crippen LogP contribution in [0.2, 0.25) is 0 Å². The Balaban J connectivity index is 1.97. The average molecular weight is 288 g/mol. The summed E-state index contributed by atoms with van der Waals surface area (Å²) in [5.41, 5.74) is 0. The van der Waals surface area contributed by atoms with Gasteiger partial charge in [0.15, 0.2) is 11.5 Å². The standard InChI is InChI=1S/C16H20N2O3/c1-19-14-8-11-5-7-18-16(13(11)9-15(14)20-2)21-12-4-3-6-17-10-12/h5,7-9,12,17H,3-4,6,10H2,1-2H3/t12-/m0/s1. The van der Waals surface area contributed by atoms with Crippen LogP contribution < -0.4 is 19.5 Å². The van der Waals surface area contributed by atoms with E-state index < -0.39 is 0 Å². The number of nitrogens with one attached hydrogen (secondary N) is 1. The van der Waals surface area contributed by atoms with Crippen molar-refractivity contribution in [2.75, 3.05) is 27.3 Å². The number of fused-ring (bicyclic) bond motifs is 1. The molecule has 1 fully saturated rings. The van der Waals surface area contributed by atoms with Crippen LogP contribution in [0.5, 0.6) is 17.4 Å². The van der Waals surface area contributed by atoms with Crippen molar-refractivity contribution in [2.45, 2.75) is 18.9 Å². The van der Waals surface area contributed by atoms with Crippen LogP contribution >= 0.6 is 0 Å². The highest BCUT2D eigenvalue weighted by molar-refractivity contribution is 5.89. The summed E-state index contributed by atoms with van der Waals surface area (Å²) in [5.74, 6) is 2.05. The van der Waals surface area contributed by atoms with Crippen molar-refractivity contribution < 1.29 is 14.2 Å². The number of benzene rings is 1. The minimum absolute atomic E-state index is 0.171. The van der Waals surface area contributed by atoms with Crippen molar-refractivity contribution in [3.05, 3.63) is 24.4 Å². The number of hydrogen-bond donors (Lipinski definition) is 1. The highest BCUT2D eigenvalue weighted by Gasteiger charge is 2.17. The number of pyridine rings is 1. The maximum Gasteiger partial charge on any atom is 0.221 e. The fraction of sp³-hybridized carbons (Fsp3) is 0.438. The lowest BCUT2D eigenvalue weighted by molar-refractivity contribution is 0.163. The Kier molecular flexibility index (Phi) is 4.10. The van der Waals surface area contributed by atoms with Crippen LogP contribution in [0.3, 0.4) is 0 Å². The zero-order chi connectivity index (χ0) is 14.7. The van der Waals surface area contributed by atoms with Crippen LogP contribution in [0.25, 0.3) is 10.8 Å². The molecule has 1 aliphatic rings. The van der Waals surface area contributed by atoms with Crippen LogP contribution in [0, 0.1) is 0 Å². The Morgan fingerprint density at radius 3 is 2.71 bits per heavy atom. The first-order chi connectivity index (χ1) is 10.3. The van der Waals surface area contributed by atoms with Gasteiger partial charge in [-0.15, -0.1) is 0 Å². The minimum atomic E-state index is 0.171. The number of ether oxygens (including phenoxy) is 3. The van der Waals surface area contributed by atoms with Crippen molar-refractivity contribution in [1.82, 2.24) is 10.3 Å². The largest absolute Gasteiger partial charge is 0.493 e. The molecule has 0 saturated carbocycles. The molecule has 2 heterocycles. The van der Waals surface area contributed by atoms with Gasteiger partial charge in [-0.1, -0.05) is 0 Å². The number of nitrogens with zero attached hydrogens (tertiary/aromatic N) is 1. The molecule has 1 atom stereocenters. The summed E-state index contributed by atoms with van der Waals surface area (Å²) in [5, 5.41) is 5.32. The molecule has 5 nitrogen and oxygen atoms in total. The first-order valence-corrected chi connectivity index (χ1v) is 7.20. The molecular weight excluding hydrogens is 268 g/mol. The maximum atomic E-state index is 6.07. The summed E-state index contributed by atoms with van der Waals surface area (Å²) in [6, 6.07) is 5.82. The molecule has 1 aliphatic heterocycles.